The zero-order chi connectivity index (χ0) is 21.4. The Bertz CT molecular complexity index is 852. The van der Waals surface area contributed by atoms with E-state index in [9.17, 15) is 9.59 Å². The lowest BCUT2D eigenvalue weighted by Crippen LogP contribution is -2.32. The van der Waals surface area contributed by atoms with Crippen LogP contribution in [0.5, 0.6) is 11.5 Å². The van der Waals surface area contributed by atoms with Crippen molar-refractivity contribution >= 4 is 17.5 Å². The summed E-state index contributed by atoms with van der Waals surface area (Å²) in [6, 6.07) is 12.7. The van der Waals surface area contributed by atoms with Crippen LogP contribution in [0.3, 0.4) is 0 Å². The molecule has 0 atom stereocenters. The van der Waals surface area contributed by atoms with Crippen LogP contribution in [0.1, 0.15) is 22.8 Å². The van der Waals surface area contributed by atoms with Crippen molar-refractivity contribution in [1.29, 1.82) is 0 Å². The number of hydrogen-bond acceptors (Lipinski definition) is 5. The normalized spacial score (nSPS) is 10.6. The van der Waals surface area contributed by atoms with Gasteiger partial charge in [-0.05, 0) is 42.4 Å². The number of likely N-dealkylation sites (N-methyl/N-ethyl adjacent to an activating group) is 1. The lowest BCUT2D eigenvalue weighted by atomic mass is 10.1. The third-order valence-corrected chi connectivity index (χ3v) is 4.47. The fourth-order valence-electron chi connectivity index (χ4n) is 2.91. The molecule has 1 N–H and O–H groups in total. The smallest absolute Gasteiger partial charge is 0.253 e. The minimum atomic E-state index is -0.137. The highest BCUT2D eigenvalue weighted by molar-refractivity contribution is 5.97. The van der Waals surface area contributed by atoms with E-state index in [-0.39, 0.29) is 18.4 Å². The van der Waals surface area contributed by atoms with Crippen molar-refractivity contribution in [1.82, 2.24) is 9.80 Å². The highest BCUT2D eigenvalue weighted by Crippen LogP contribution is 2.28. The van der Waals surface area contributed by atoms with Gasteiger partial charge in [0.1, 0.15) is 0 Å². The Morgan fingerprint density at radius 1 is 1.00 bits per heavy atom. The second-order valence-electron chi connectivity index (χ2n) is 6.82. The highest BCUT2D eigenvalue weighted by atomic mass is 16.5. The second kappa shape index (κ2) is 10.5. The zero-order valence-electron chi connectivity index (χ0n) is 17.7. The molecule has 0 saturated heterocycles. The van der Waals surface area contributed by atoms with Crippen LogP contribution in [0.25, 0.3) is 0 Å². The predicted octanol–water partition coefficient (Wildman–Crippen LogP) is 2.87. The second-order valence-corrected chi connectivity index (χ2v) is 6.82. The molecule has 0 fully saturated rings. The van der Waals surface area contributed by atoms with E-state index in [0.29, 0.717) is 35.8 Å². The Labute approximate surface area is 172 Å². The maximum Gasteiger partial charge on any atom is 0.253 e. The van der Waals surface area contributed by atoms with Crippen LogP contribution in [0.4, 0.5) is 5.69 Å². The van der Waals surface area contributed by atoms with Crippen LogP contribution in [0.15, 0.2) is 42.5 Å². The first-order valence-corrected chi connectivity index (χ1v) is 9.42. The molecule has 2 aromatic carbocycles. The summed E-state index contributed by atoms with van der Waals surface area (Å²) >= 11 is 0. The van der Waals surface area contributed by atoms with Crippen molar-refractivity contribution in [3.05, 3.63) is 53.6 Å². The summed E-state index contributed by atoms with van der Waals surface area (Å²) in [6.07, 6.45) is 0. The van der Waals surface area contributed by atoms with Crippen molar-refractivity contribution in [3.8, 4) is 11.5 Å². The predicted molar refractivity (Wildman–Crippen MR) is 114 cm³/mol. The average Bonchev–Trinajstić information content (AvgIpc) is 2.72. The van der Waals surface area contributed by atoms with E-state index in [1.54, 1.807) is 52.6 Å². The van der Waals surface area contributed by atoms with Crippen molar-refractivity contribution in [2.75, 3.05) is 46.7 Å². The number of nitrogens with one attached hydrogen (secondary N) is 1. The maximum atomic E-state index is 12.5. The van der Waals surface area contributed by atoms with Crippen LogP contribution >= 0.6 is 0 Å². The summed E-state index contributed by atoms with van der Waals surface area (Å²) in [5.74, 6) is 1.09. The Morgan fingerprint density at radius 2 is 1.72 bits per heavy atom. The third kappa shape index (κ3) is 6.22. The van der Waals surface area contributed by atoms with Gasteiger partial charge in [0.15, 0.2) is 11.5 Å². The van der Waals surface area contributed by atoms with Gasteiger partial charge in [0, 0.05) is 31.9 Å². The van der Waals surface area contributed by atoms with Crippen molar-refractivity contribution in [2.24, 2.45) is 0 Å². The Balaban J connectivity index is 2.02. The summed E-state index contributed by atoms with van der Waals surface area (Å²) in [4.78, 5) is 28.1. The molecule has 0 saturated carbocycles. The topological polar surface area (TPSA) is 71.1 Å². The molecule has 0 bridgehead atoms. The summed E-state index contributed by atoms with van der Waals surface area (Å²) < 4.78 is 10.6. The molecule has 0 aromatic heterocycles. The van der Waals surface area contributed by atoms with Crippen molar-refractivity contribution in [2.45, 2.75) is 13.5 Å². The maximum absolute atomic E-state index is 12.5. The monoisotopic (exact) mass is 399 g/mol. The molecule has 0 heterocycles. The fraction of sp³-hybridized carbons (Fsp3) is 0.364. The molecule has 0 radical (unpaired) electrons. The first kappa shape index (κ1) is 22.2. The minimum Gasteiger partial charge on any atom is -0.493 e. The molecule has 0 aliphatic rings. The number of carbonyl (C=O) groups excluding carboxylic acids is 2. The number of nitrogens with zero attached hydrogens (tertiary/aromatic N) is 2. The van der Waals surface area contributed by atoms with E-state index < -0.39 is 0 Å². The summed E-state index contributed by atoms with van der Waals surface area (Å²) in [6.45, 7) is 3.55. The number of anilines is 1. The third-order valence-electron chi connectivity index (χ3n) is 4.47. The van der Waals surface area contributed by atoms with Gasteiger partial charge >= 0.3 is 0 Å². The van der Waals surface area contributed by atoms with Gasteiger partial charge in [0.25, 0.3) is 5.91 Å². The molecular weight excluding hydrogens is 370 g/mol. The Morgan fingerprint density at radius 3 is 2.34 bits per heavy atom. The van der Waals surface area contributed by atoms with Gasteiger partial charge in [-0.3, -0.25) is 14.5 Å². The number of rotatable bonds is 9. The van der Waals surface area contributed by atoms with Gasteiger partial charge < -0.3 is 19.7 Å². The first-order chi connectivity index (χ1) is 13.9. The van der Waals surface area contributed by atoms with Gasteiger partial charge in [-0.15, -0.1) is 0 Å². The molecule has 0 aliphatic carbocycles. The van der Waals surface area contributed by atoms with Crippen molar-refractivity contribution in [3.63, 3.8) is 0 Å². The van der Waals surface area contributed by atoms with Crippen LogP contribution in [0, 0.1) is 0 Å². The zero-order valence-corrected chi connectivity index (χ0v) is 17.7. The Hall–Kier alpha value is -3.06. The summed E-state index contributed by atoms with van der Waals surface area (Å²) in [7, 11) is 6.59. The molecule has 2 rings (SSSR count). The van der Waals surface area contributed by atoms with Crippen LogP contribution < -0.4 is 14.8 Å². The van der Waals surface area contributed by atoms with Crippen molar-refractivity contribution < 1.29 is 19.1 Å². The number of amides is 2. The molecule has 0 unspecified atom stereocenters. The SMILES string of the molecule is CCN(CC(=O)Nc1cccc(C(=O)N(C)C)c1)Cc1ccc(OC)c(OC)c1. The molecule has 7 nitrogen and oxygen atoms in total. The first-order valence-electron chi connectivity index (χ1n) is 9.42. The van der Waals surface area contributed by atoms with Gasteiger partial charge in [-0.1, -0.05) is 19.1 Å². The molecule has 2 amide bonds. The number of benzene rings is 2. The van der Waals surface area contributed by atoms with Gasteiger partial charge in [-0.2, -0.15) is 0 Å². The summed E-state index contributed by atoms with van der Waals surface area (Å²) in [5, 5.41) is 2.87. The number of methoxy groups -OCH3 is 2. The molecule has 2 aromatic rings. The summed E-state index contributed by atoms with van der Waals surface area (Å²) in [5.41, 5.74) is 2.16. The van der Waals surface area contributed by atoms with Crippen LogP contribution in [-0.2, 0) is 11.3 Å². The van der Waals surface area contributed by atoms with Gasteiger partial charge in [0.05, 0.1) is 20.8 Å². The number of ether oxygens (including phenoxy) is 2. The van der Waals surface area contributed by atoms with Gasteiger partial charge in [-0.25, -0.2) is 0 Å². The molecule has 156 valence electrons. The average molecular weight is 399 g/mol. The van der Waals surface area contributed by atoms with E-state index in [1.165, 1.54) is 4.90 Å². The molecule has 7 heteroatoms. The van der Waals surface area contributed by atoms with Gasteiger partial charge in [0.2, 0.25) is 5.91 Å². The van der Waals surface area contributed by atoms with E-state index in [0.717, 1.165) is 5.56 Å². The molecule has 29 heavy (non-hydrogen) atoms. The van der Waals surface area contributed by atoms with E-state index >= 15 is 0 Å². The van der Waals surface area contributed by atoms with E-state index in [4.69, 9.17) is 9.47 Å². The molecular formula is C22H29N3O4. The highest BCUT2D eigenvalue weighted by Gasteiger charge is 2.13. The quantitative estimate of drug-likeness (QED) is 0.702. The van der Waals surface area contributed by atoms with Crippen LogP contribution in [0.2, 0.25) is 0 Å². The largest absolute Gasteiger partial charge is 0.493 e. The molecule has 0 aliphatic heterocycles. The lowest BCUT2D eigenvalue weighted by Gasteiger charge is -2.21. The standard InChI is InChI=1S/C22H29N3O4/c1-6-25(14-16-10-11-19(28-4)20(12-16)29-5)15-21(26)23-18-9-7-8-17(13-18)22(27)24(2)3/h7-13H,6,14-15H2,1-5H3,(H,23,26). The fourth-order valence-corrected chi connectivity index (χ4v) is 2.91. The van der Waals surface area contributed by atoms with Crippen LogP contribution in [-0.4, -0.2) is 63.0 Å². The number of hydrogen-bond donors (Lipinski definition) is 1. The number of carbonyl (C=O) groups is 2. The van der Waals surface area contributed by atoms with E-state index in [2.05, 4.69) is 5.32 Å². The minimum absolute atomic E-state index is 0.107. The molecule has 0 spiro atoms. The Kier molecular flexibility index (Phi) is 8.03. The lowest BCUT2D eigenvalue weighted by molar-refractivity contribution is -0.117. The van der Waals surface area contributed by atoms with E-state index in [1.807, 2.05) is 30.0 Å².